The van der Waals surface area contributed by atoms with Crippen LogP contribution in [0.1, 0.15) is 49.4 Å². The molecular weight excluding hydrogens is 330 g/mol. The van der Waals surface area contributed by atoms with Crippen LogP contribution in [0.3, 0.4) is 0 Å². The van der Waals surface area contributed by atoms with Gasteiger partial charge in [-0.15, -0.1) is 0 Å². The molecule has 0 aromatic heterocycles. The van der Waals surface area contributed by atoms with Crippen molar-refractivity contribution in [2.45, 2.75) is 45.1 Å². The highest BCUT2D eigenvalue weighted by Crippen LogP contribution is 2.22. The molecule has 132 valence electrons. The average Bonchev–Trinajstić information content (AvgIpc) is 2.59. The summed E-state index contributed by atoms with van der Waals surface area (Å²) >= 11 is 5.98. The predicted molar refractivity (Wildman–Crippen MR) is 94.6 cm³/mol. The van der Waals surface area contributed by atoms with Gasteiger partial charge in [0.2, 0.25) is 0 Å². The number of carbonyl (C=O) groups is 1. The molecule has 0 bridgehead atoms. The fraction of sp³-hybridized carbons (Fsp3) is 0.588. The first kappa shape index (κ1) is 18.7. The number of carbonyl (C=O) groups excluding carboxylic acids is 1. The molecule has 1 aliphatic heterocycles. The smallest absolute Gasteiger partial charge is 0.270 e. The fourth-order valence-corrected chi connectivity index (χ4v) is 3.40. The summed E-state index contributed by atoms with van der Waals surface area (Å²) in [6.07, 6.45) is 5.82. The van der Waals surface area contributed by atoms with Gasteiger partial charge >= 0.3 is 0 Å². The fourth-order valence-electron chi connectivity index (χ4n) is 3.20. The number of hydrogen-bond acceptors (Lipinski definition) is 4. The highest BCUT2D eigenvalue weighted by atomic mass is 35.5. The maximum Gasteiger partial charge on any atom is 0.270 e. The maximum absolute atomic E-state index is 12.2. The number of likely N-dealkylation sites (tertiary alicyclic amines) is 1. The van der Waals surface area contributed by atoms with E-state index in [0.717, 1.165) is 25.9 Å². The molecule has 0 radical (unpaired) electrons. The Labute approximate surface area is 147 Å². The van der Waals surface area contributed by atoms with E-state index in [-0.39, 0.29) is 22.2 Å². The van der Waals surface area contributed by atoms with Crippen molar-refractivity contribution in [3.63, 3.8) is 0 Å². The van der Waals surface area contributed by atoms with E-state index in [4.69, 9.17) is 11.6 Å². The molecule has 0 unspecified atom stereocenters. The largest absolute Gasteiger partial charge is 0.352 e. The van der Waals surface area contributed by atoms with Crippen LogP contribution in [0.25, 0.3) is 0 Å². The molecule has 1 aliphatic rings. The minimum atomic E-state index is -0.533. The summed E-state index contributed by atoms with van der Waals surface area (Å²) in [5.41, 5.74) is 0.0129. The first-order valence-corrected chi connectivity index (χ1v) is 8.87. The lowest BCUT2D eigenvalue weighted by atomic mass is 10.00. The Balaban J connectivity index is 1.83. The van der Waals surface area contributed by atoms with Gasteiger partial charge in [-0.3, -0.25) is 14.9 Å². The van der Waals surface area contributed by atoms with Crippen molar-refractivity contribution in [1.82, 2.24) is 10.2 Å². The Kier molecular flexibility index (Phi) is 6.99. The van der Waals surface area contributed by atoms with Crippen molar-refractivity contribution >= 4 is 23.2 Å². The van der Waals surface area contributed by atoms with Crippen LogP contribution in [0.4, 0.5) is 5.69 Å². The molecule has 1 heterocycles. The highest BCUT2D eigenvalue weighted by Gasteiger charge is 2.20. The zero-order chi connectivity index (χ0) is 17.5. The number of benzene rings is 1. The second kappa shape index (κ2) is 8.99. The SMILES string of the molecule is CC[C@@H]1CCCCN1CCCNC(=O)c1cc([N+](=O)[O-])ccc1Cl. The van der Waals surface area contributed by atoms with E-state index >= 15 is 0 Å². The van der Waals surface area contributed by atoms with E-state index in [1.165, 1.54) is 37.5 Å². The summed E-state index contributed by atoms with van der Waals surface area (Å²) in [5.74, 6) is -0.366. The minimum Gasteiger partial charge on any atom is -0.352 e. The maximum atomic E-state index is 12.2. The van der Waals surface area contributed by atoms with Crippen molar-refractivity contribution in [2.24, 2.45) is 0 Å². The Hall–Kier alpha value is -1.66. The summed E-state index contributed by atoms with van der Waals surface area (Å²) in [6, 6.07) is 4.55. The molecule has 1 saturated heterocycles. The van der Waals surface area contributed by atoms with Gasteiger partial charge in [0.15, 0.2) is 0 Å². The summed E-state index contributed by atoms with van der Waals surface area (Å²) in [7, 11) is 0. The number of amides is 1. The molecular formula is C17H24ClN3O3. The van der Waals surface area contributed by atoms with Crippen LogP contribution in [-0.2, 0) is 0 Å². The lowest BCUT2D eigenvalue weighted by molar-refractivity contribution is -0.384. The molecule has 1 aromatic carbocycles. The molecule has 0 saturated carbocycles. The van der Waals surface area contributed by atoms with Gasteiger partial charge in [-0.25, -0.2) is 0 Å². The molecule has 1 N–H and O–H groups in total. The number of nitro benzene ring substituents is 1. The monoisotopic (exact) mass is 353 g/mol. The molecule has 0 aliphatic carbocycles. The van der Waals surface area contributed by atoms with Crippen LogP contribution in [0.2, 0.25) is 5.02 Å². The predicted octanol–water partition coefficient (Wildman–Crippen LogP) is 3.63. The van der Waals surface area contributed by atoms with E-state index in [9.17, 15) is 14.9 Å². The zero-order valence-corrected chi connectivity index (χ0v) is 14.7. The van der Waals surface area contributed by atoms with Gasteiger partial charge in [-0.05, 0) is 38.3 Å². The van der Waals surface area contributed by atoms with Gasteiger partial charge in [0, 0.05) is 31.3 Å². The quantitative estimate of drug-likeness (QED) is 0.461. The van der Waals surface area contributed by atoms with E-state index < -0.39 is 4.92 Å². The second-order valence-corrected chi connectivity index (χ2v) is 6.53. The third kappa shape index (κ3) is 4.92. The normalized spacial score (nSPS) is 18.3. The Morgan fingerprint density at radius 1 is 1.46 bits per heavy atom. The lowest BCUT2D eigenvalue weighted by Gasteiger charge is -2.35. The number of nitrogens with zero attached hydrogens (tertiary/aromatic N) is 2. The summed E-state index contributed by atoms with van der Waals surface area (Å²) in [4.78, 5) is 24.9. The molecule has 2 rings (SSSR count). The molecule has 1 aromatic rings. The first-order chi connectivity index (χ1) is 11.5. The third-order valence-corrected chi connectivity index (χ3v) is 4.86. The molecule has 1 amide bonds. The van der Waals surface area contributed by atoms with Crippen LogP contribution >= 0.6 is 11.6 Å². The van der Waals surface area contributed by atoms with Gasteiger partial charge in [-0.2, -0.15) is 0 Å². The zero-order valence-electron chi connectivity index (χ0n) is 14.0. The Bertz CT molecular complexity index is 594. The van der Waals surface area contributed by atoms with Gasteiger partial charge in [0.1, 0.15) is 0 Å². The lowest BCUT2D eigenvalue weighted by Crippen LogP contribution is -2.40. The number of nitro groups is 1. The van der Waals surface area contributed by atoms with Crippen molar-refractivity contribution in [3.05, 3.63) is 38.9 Å². The third-order valence-electron chi connectivity index (χ3n) is 4.53. The Morgan fingerprint density at radius 3 is 2.96 bits per heavy atom. The number of halogens is 1. The molecule has 6 nitrogen and oxygen atoms in total. The van der Waals surface area contributed by atoms with Crippen molar-refractivity contribution in [3.8, 4) is 0 Å². The van der Waals surface area contributed by atoms with Crippen LogP contribution < -0.4 is 5.32 Å². The van der Waals surface area contributed by atoms with Gasteiger partial charge < -0.3 is 10.2 Å². The highest BCUT2D eigenvalue weighted by molar-refractivity contribution is 6.33. The van der Waals surface area contributed by atoms with Crippen LogP contribution in [0, 0.1) is 10.1 Å². The molecule has 1 fully saturated rings. The number of piperidine rings is 1. The number of non-ortho nitro benzene ring substituents is 1. The van der Waals surface area contributed by atoms with Gasteiger partial charge in [-0.1, -0.05) is 24.9 Å². The topological polar surface area (TPSA) is 75.5 Å². The summed E-state index contributed by atoms with van der Waals surface area (Å²) < 4.78 is 0. The molecule has 24 heavy (non-hydrogen) atoms. The van der Waals surface area contributed by atoms with E-state index in [0.29, 0.717) is 12.6 Å². The van der Waals surface area contributed by atoms with E-state index in [1.807, 2.05) is 0 Å². The van der Waals surface area contributed by atoms with E-state index in [1.54, 1.807) is 0 Å². The molecule has 1 atom stereocenters. The van der Waals surface area contributed by atoms with Crippen molar-refractivity contribution in [2.75, 3.05) is 19.6 Å². The summed E-state index contributed by atoms with van der Waals surface area (Å²) in [5, 5.41) is 13.8. The Morgan fingerprint density at radius 2 is 2.25 bits per heavy atom. The van der Waals surface area contributed by atoms with E-state index in [2.05, 4.69) is 17.1 Å². The standard InChI is InChI=1S/C17H24ClN3O3/c1-2-13-6-3-4-10-20(13)11-5-9-19-17(22)15-12-14(21(23)24)7-8-16(15)18/h7-8,12-13H,2-6,9-11H2,1H3,(H,19,22)/t13-/m1/s1. The average molecular weight is 354 g/mol. The molecule has 0 spiro atoms. The molecule has 7 heteroatoms. The first-order valence-electron chi connectivity index (χ1n) is 8.49. The van der Waals surface area contributed by atoms with Gasteiger partial charge in [0.05, 0.1) is 15.5 Å². The van der Waals surface area contributed by atoms with Crippen LogP contribution in [0.15, 0.2) is 18.2 Å². The summed E-state index contributed by atoms with van der Waals surface area (Å²) in [6.45, 7) is 4.84. The van der Waals surface area contributed by atoms with Gasteiger partial charge in [0.25, 0.3) is 11.6 Å². The van der Waals surface area contributed by atoms with Crippen molar-refractivity contribution in [1.29, 1.82) is 0 Å². The number of rotatable bonds is 7. The van der Waals surface area contributed by atoms with Crippen molar-refractivity contribution < 1.29 is 9.72 Å². The number of nitrogens with one attached hydrogen (secondary N) is 1. The van der Waals surface area contributed by atoms with Crippen LogP contribution in [-0.4, -0.2) is 41.4 Å². The van der Waals surface area contributed by atoms with Crippen LogP contribution in [0.5, 0.6) is 0 Å². The minimum absolute atomic E-state index is 0.136. The second-order valence-electron chi connectivity index (χ2n) is 6.12. The number of hydrogen-bond donors (Lipinski definition) is 1.